The number of hydrogen-bond donors (Lipinski definition) is 1. The summed E-state index contributed by atoms with van der Waals surface area (Å²) in [4.78, 5) is 15.7. The van der Waals surface area contributed by atoms with Crippen molar-refractivity contribution in [2.45, 2.75) is 11.7 Å². The smallest absolute Gasteiger partial charge is 0.274 e. The number of aromatic nitrogens is 2. The molecule has 1 N–H and O–H groups in total. The molecule has 1 unspecified atom stereocenters. The molecule has 1 fully saturated rings. The van der Waals surface area contributed by atoms with Crippen LogP contribution in [0.3, 0.4) is 0 Å². The van der Waals surface area contributed by atoms with Crippen LogP contribution in [-0.4, -0.2) is 39.8 Å². The number of nitrogens with zero attached hydrogens (tertiary/aromatic N) is 2. The maximum absolute atomic E-state index is 14.1. The number of aromatic amines is 1. The van der Waals surface area contributed by atoms with E-state index >= 15 is 0 Å². The predicted molar refractivity (Wildman–Crippen MR) is 104 cm³/mol. The van der Waals surface area contributed by atoms with Gasteiger partial charge in [0.2, 0.25) is 0 Å². The number of halogens is 1. The Morgan fingerprint density at radius 1 is 1.23 bits per heavy atom. The molecular formula is C19H18FN3OS2. The van der Waals surface area contributed by atoms with Crippen molar-refractivity contribution in [3.05, 3.63) is 64.9 Å². The SMILES string of the molecule is O=C(c1cc(-c2cccs2)[nH]n1)N1CCSC(c2ccccc2F)CC1. The van der Waals surface area contributed by atoms with Gasteiger partial charge >= 0.3 is 0 Å². The topological polar surface area (TPSA) is 49.0 Å². The Morgan fingerprint density at radius 3 is 2.92 bits per heavy atom. The van der Waals surface area contributed by atoms with Gasteiger partial charge in [-0.1, -0.05) is 24.3 Å². The summed E-state index contributed by atoms with van der Waals surface area (Å²) in [5.74, 6) is 0.545. The average molecular weight is 388 g/mol. The monoisotopic (exact) mass is 387 g/mol. The average Bonchev–Trinajstić information content (AvgIpc) is 3.29. The number of amides is 1. The molecule has 2 aromatic heterocycles. The summed E-state index contributed by atoms with van der Waals surface area (Å²) in [6.45, 7) is 1.25. The zero-order valence-corrected chi connectivity index (χ0v) is 15.7. The van der Waals surface area contributed by atoms with Gasteiger partial charge < -0.3 is 4.90 Å². The van der Waals surface area contributed by atoms with Crippen molar-refractivity contribution in [2.75, 3.05) is 18.8 Å². The molecule has 3 aromatic rings. The maximum atomic E-state index is 14.1. The van der Waals surface area contributed by atoms with Gasteiger partial charge in [0.15, 0.2) is 5.69 Å². The molecular weight excluding hydrogens is 369 g/mol. The number of hydrogen-bond acceptors (Lipinski definition) is 4. The molecule has 134 valence electrons. The highest BCUT2D eigenvalue weighted by Crippen LogP contribution is 2.36. The third kappa shape index (κ3) is 3.54. The first kappa shape index (κ1) is 17.3. The van der Waals surface area contributed by atoms with Crippen LogP contribution in [-0.2, 0) is 0 Å². The van der Waals surface area contributed by atoms with Crippen molar-refractivity contribution >= 4 is 29.0 Å². The number of thiophene rings is 1. The van der Waals surface area contributed by atoms with Crippen LogP contribution in [0.2, 0.25) is 0 Å². The van der Waals surface area contributed by atoms with Crippen LogP contribution in [0.5, 0.6) is 0 Å². The normalized spacial score (nSPS) is 17.9. The largest absolute Gasteiger partial charge is 0.336 e. The minimum Gasteiger partial charge on any atom is -0.336 e. The molecule has 0 spiro atoms. The zero-order chi connectivity index (χ0) is 17.9. The van der Waals surface area contributed by atoms with E-state index in [4.69, 9.17) is 0 Å². The number of carbonyl (C=O) groups is 1. The summed E-state index contributed by atoms with van der Waals surface area (Å²) in [5.41, 5.74) is 2.02. The van der Waals surface area contributed by atoms with E-state index in [0.717, 1.165) is 28.3 Å². The van der Waals surface area contributed by atoms with Crippen molar-refractivity contribution < 1.29 is 9.18 Å². The lowest BCUT2D eigenvalue weighted by Crippen LogP contribution is -2.33. The summed E-state index contributed by atoms with van der Waals surface area (Å²) in [6, 6.07) is 12.7. The van der Waals surface area contributed by atoms with Crippen molar-refractivity contribution in [1.29, 1.82) is 0 Å². The number of H-pyrrole nitrogens is 1. The van der Waals surface area contributed by atoms with E-state index in [1.807, 2.05) is 34.5 Å². The number of carbonyl (C=O) groups excluding carboxylic acids is 1. The van der Waals surface area contributed by atoms with Crippen molar-refractivity contribution in [3.8, 4) is 10.6 Å². The molecule has 7 heteroatoms. The molecule has 1 aliphatic heterocycles. The summed E-state index contributed by atoms with van der Waals surface area (Å²) in [6.07, 6.45) is 0.736. The van der Waals surface area contributed by atoms with Crippen LogP contribution in [0, 0.1) is 5.82 Å². The molecule has 0 saturated carbocycles. The fraction of sp³-hybridized carbons (Fsp3) is 0.263. The number of thioether (sulfide) groups is 1. The van der Waals surface area contributed by atoms with Gasteiger partial charge in [0.25, 0.3) is 5.91 Å². The van der Waals surface area contributed by atoms with Gasteiger partial charge in [-0.05, 0) is 30.0 Å². The Labute approximate surface area is 159 Å². The predicted octanol–water partition coefficient (Wildman–Crippen LogP) is 4.60. The van der Waals surface area contributed by atoms with Gasteiger partial charge in [-0.3, -0.25) is 9.89 Å². The lowest BCUT2D eigenvalue weighted by Gasteiger charge is -2.19. The molecule has 1 aliphatic rings. The van der Waals surface area contributed by atoms with Gasteiger partial charge in [0.05, 0.1) is 10.6 Å². The molecule has 3 heterocycles. The fourth-order valence-electron chi connectivity index (χ4n) is 3.11. The third-order valence-corrected chi connectivity index (χ3v) is 6.68. The Bertz CT molecular complexity index is 894. The van der Waals surface area contributed by atoms with Crippen LogP contribution >= 0.6 is 23.1 Å². The number of nitrogens with one attached hydrogen (secondary N) is 1. The lowest BCUT2D eigenvalue weighted by molar-refractivity contribution is 0.0760. The summed E-state index contributed by atoms with van der Waals surface area (Å²) in [5, 5.41) is 9.21. The van der Waals surface area contributed by atoms with E-state index < -0.39 is 0 Å². The quantitative estimate of drug-likeness (QED) is 0.715. The van der Waals surface area contributed by atoms with E-state index in [1.54, 1.807) is 35.2 Å². The molecule has 1 aromatic carbocycles. The fourth-order valence-corrected chi connectivity index (χ4v) is 5.05. The first-order valence-corrected chi connectivity index (χ1v) is 10.4. The molecule has 4 rings (SSSR count). The Morgan fingerprint density at radius 2 is 2.12 bits per heavy atom. The van der Waals surface area contributed by atoms with Gasteiger partial charge in [-0.25, -0.2) is 4.39 Å². The van der Waals surface area contributed by atoms with E-state index in [1.165, 1.54) is 6.07 Å². The lowest BCUT2D eigenvalue weighted by atomic mass is 10.1. The molecule has 1 amide bonds. The van der Waals surface area contributed by atoms with Gasteiger partial charge in [0, 0.05) is 29.7 Å². The molecule has 26 heavy (non-hydrogen) atoms. The first-order chi connectivity index (χ1) is 12.7. The second-order valence-electron chi connectivity index (χ2n) is 6.11. The Kier molecular flexibility index (Phi) is 5.08. The first-order valence-electron chi connectivity index (χ1n) is 8.47. The Hall–Kier alpha value is -2.12. The summed E-state index contributed by atoms with van der Waals surface area (Å²) < 4.78 is 14.1. The standard InChI is InChI=1S/C19H18FN3OS2/c20-14-5-2-1-4-13(14)17-7-8-23(9-11-26-17)19(24)16-12-15(21-22-16)18-6-3-10-25-18/h1-6,10,12,17H,7-9,11H2,(H,21,22). The molecule has 1 atom stereocenters. The highest BCUT2D eigenvalue weighted by Gasteiger charge is 2.25. The second kappa shape index (κ2) is 7.63. The molecule has 0 radical (unpaired) electrons. The zero-order valence-electron chi connectivity index (χ0n) is 14.0. The van der Waals surface area contributed by atoms with E-state index in [2.05, 4.69) is 10.2 Å². The van der Waals surface area contributed by atoms with Crippen molar-refractivity contribution in [2.24, 2.45) is 0 Å². The third-order valence-electron chi connectivity index (χ3n) is 4.46. The summed E-state index contributed by atoms with van der Waals surface area (Å²) in [7, 11) is 0. The van der Waals surface area contributed by atoms with Crippen molar-refractivity contribution in [1.82, 2.24) is 15.1 Å². The molecule has 0 bridgehead atoms. The van der Waals surface area contributed by atoms with Gasteiger partial charge in [-0.2, -0.15) is 16.9 Å². The van der Waals surface area contributed by atoms with Crippen LogP contribution in [0.15, 0.2) is 47.8 Å². The summed E-state index contributed by atoms with van der Waals surface area (Å²) >= 11 is 3.31. The molecule has 0 aliphatic carbocycles. The minimum atomic E-state index is -0.169. The van der Waals surface area contributed by atoms with E-state index in [9.17, 15) is 9.18 Å². The number of benzene rings is 1. The van der Waals surface area contributed by atoms with Crippen LogP contribution in [0.4, 0.5) is 4.39 Å². The van der Waals surface area contributed by atoms with E-state index in [-0.39, 0.29) is 17.0 Å². The minimum absolute atomic E-state index is 0.0705. The van der Waals surface area contributed by atoms with Crippen LogP contribution in [0.25, 0.3) is 10.6 Å². The van der Waals surface area contributed by atoms with Crippen molar-refractivity contribution in [3.63, 3.8) is 0 Å². The maximum Gasteiger partial charge on any atom is 0.274 e. The number of rotatable bonds is 3. The molecule has 4 nitrogen and oxygen atoms in total. The van der Waals surface area contributed by atoms with Gasteiger partial charge in [0.1, 0.15) is 5.82 Å². The van der Waals surface area contributed by atoms with Crippen LogP contribution in [0.1, 0.15) is 27.7 Å². The van der Waals surface area contributed by atoms with Gasteiger partial charge in [-0.15, -0.1) is 11.3 Å². The second-order valence-corrected chi connectivity index (χ2v) is 8.36. The van der Waals surface area contributed by atoms with Crippen LogP contribution < -0.4 is 0 Å². The Balaban J connectivity index is 1.46. The highest BCUT2D eigenvalue weighted by atomic mass is 32.2. The van der Waals surface area contributed by atoms with E-state index in [0.29, 0.717) is 18.8 Å². The highest BCUT2D eigenvalue weighted by molar-refractivity contribution is 7.99. The molecule has 1 saturated heterocycles.